The topological polar surface area (TPSA) is 82.0 Å². The van der Waals surface area contributed by atoms with E-state index in [-0.39, 0.29) is 17.7 Å². The van der Waals surface area contributed by atoms with Gasteiger partial charge in [0.15, 0.2) is 6.04 Å². The lowest BCUT2D eigenvalue weighted by atomic mass is 9.99. The number of amides is 1. The van der Waals surface area contributed by atoms with Gasteiger partial charge in [-0.3, -0.25) is 14.7 Å². The molecular formula is C29H28F3N3O3. The fourth-order valence-corrected chi connectivity index (χ4v) is 4.60. The third-order valence-corrected chi connectivity index (χ3v) is 6.38. The summed E-state index contributed by atoms with van der Waals surface area (Å²) in [5.41, 5.74) is 2.28. The van der Waals surface area contributed by atoms with E-state index in [9.17, 15) is 27.9 Å². The maximum Gasteiger partial charge on any atom is 0.391 e. The molecule has 3 aromatic rings. The third kappa shape index (κ3) is 7.07. The molecule has 2 atom stereocenters. The van der Waals surface area contributed by atoms with E-state index in [1.54, 1.807) is 54.6 Å². The molecule has 6 nitrogen and oxygen atoms in total. The van der Waals surface area contributed by atoms with Gasteiger partial charge in [0.2, 0.25) is 5.91 Å². The number of nitrogens with one attached hydrogen (secondary N) is 1. The number of likely N-dealkylation sites (tertiary alicyclic amines) is 1. The first-order valence-corrected chi connectivity index (χ1v) is 12.3. The molecule has 3 aromatic carbocycles. The van der Waals surface area contributed by atoms with Gasteiger partial charge in [-0.2, -0.15) is 13.2 Å². The molecule has 4 rings (SSSR count). The van der Waals surface area contributed by atoms with Crippen molar-refractivity contribution in [1.82, 2.24) is 4.90 Å². The second-order valence-electron chi connectivity index (χ2n) is 9.17. The summed E-state index contributed by atoms with van der Waals surface area (Å²) in [4.78, 5) is 31.3. The third-order valence-electron chi connectivity index (χ3n) is 6.38. The number of rotatable bonds is 9. The molecule has 2 N–H and O–H groups in total. The monoisotopic (exact) mass is 523 g/mol. The lowest BCUT2D eigenvalue weighted by molar-refractivity contribution is -0.156. The number of aliphatic imine (C=N–C) groups is 1. The number of nitrogens with zero attached hydrogens (tertiary/aromatic N) is 2. The zero-order valence-corrected chi connectivity index (χ0v) is 20.6. The minimum Gasteiger partial charge on any atom is -0.480 e. The highest BCUT2D eigenvalue weighted by Crippen LogP contribution is 2.27. The maximum atomic E-state index is 13.4. The van der Waals surface area contributed by atoms with Gasteiger partial charge in [-0.1, -0.05) is 78.9 Å². The molecule has 1 heterocycles. The molecule has 0 radical (unpaired) electrons. The van der Waals surface area contributed by atoms with Crippen molar-refractivity contribution in [2.75, 3.05) is 11.9 Å². The van der Waals surface area contributed by atoms with Gasteiger partial charge in [-0.15, -0.1) is 0 Å². The van der Waals surface area contributed by atoms with Crippen molar-refractivity contribution in [3.05, 3.63) is 102 Å². The number of aliphatic carboxylic acids is 1. The molecule has 1 aliphatic heterocycles. The lowest BCUT2D eigenvalue weighted by Gasteiger charge is -2.24. The summed E-state index contributed by atoms with van der Waals surface area (Å²) in [6, 6.07) is 22.4. The van der Waals surface area contributed by atoms with E-state index in [0.29, 0.717) is 29.8 Å². The Bertz CT molecular complexity index is 1280. The van der Waals surface area contributed by atoms with E-state index in [0.717, 1.165) is 18.5 Å². The van der Waals surface area contributed by atoms with Crippen molar-refractivity contribution < 1.29 is 27.9 Å². The maximum absolute atomic E-state index is 13.4. The van der Waals surface area contributed by atoms with E-state index < -0.39 is 24.6 Å². The Balaban J connectivity index is 1.65. The summed E-state index contributed by atoms with van der Waals surface area (Å²) in [7, 11) is 0. The van der Waals surface area contributed by atoms with Gasteiger partial charge in [0.1, 0.15) is 0 Å². The molecular weight excluding hydrogens is 495 g/mol. The lowest BCUT2D eigenvalue weighted by Crippen LogP contribution is -2.39. The molecule has 1 amide bonds. The molecule has 1 fully saturated rings. The predicted octanol–water partition coefficient (Wildman–Crippen LogP) is 5.53. The number of carboxylic acid groups (broad SMARTS) is 1. The number of alkyl halides is 3. The molecule has 0 unspecified atom stereocenters. The first kappa shape index (κ1) is 27.1. The van der Waals surface area contributed by atoms with E-state index in [4.69, 9.17) is 0 Å². The number of hydrogen-bond acceptors (Lipinski definition) is 4. The molecule has 1 saturated heterocycles. The minimum atomic E-state index is -4.72. The van der Waals surface area contributed by atoms with Gasteiger partial charge in [-0.05, 0) is 31.0 Å². The second-order valence-corrected chi connectivity index (χ2v) is 9.17. The smallest absolute Gasteiger partial charge is 0.391 e. The highest BCUT2D eigenvalue weighted by molar-refractivity contribution is 6.17. The quantitative estimate of drug-likeness (QED) is 0.361. The SMILES string of the molecule is O=C(O)[C@H](CC(F)(F)F)N=C(c1ccccc1)c1ccccc1NC(=O)[C@@H]1CCCN1Cc1ccccc1. The van der Waals surface area contributed by atoms with E-state index in [2.05, 4.69) is 15.2 Å². The van der Waals surface area contributed by atoms with E-state index in [1.165, 1.54) is 0 Å². The van der Waals surface area contributed by atoms with Crippen LogP contribution >= 0.6 is 0 Å². The summed E-state index contributed by atoms with van der Waals surface area (Å²) < 4.78 is 39.4. The highest BCUT2D eigenvalue weighted by atomic mass is 19.4. The van der Waals surface area contributed by atoms with Crippen LogP contribution in [0.25, 0.3) is 0 Å². The van der Waals surface area contributed by atoms with Crippen LogP contribution in [0.3, 0.4) is 0 Å². The highest BCUT2D eigenvalue weighted by Gasteiger charge is 2.36. The summed E-state index contributed by atoms with van der Waals surface area (Å²) >= 11 is 0. The molecule has 38 heavy (non-hydrogen) atoms. The number of halogens is 3. The zero-order chi connectivity index (χ0) is 27.1. The van der Waals surface area contributed by atoms with Crippen molar-refractivity contribution in [2.45, 2.75) is 44.1 Å². The van der Waals surface area contributed by atoms with Crippen LogP contribution in [-0.4, -0.2) is 52.4 Å². The summed E-state index contributed by atoms with van der Waals surface area (Å²) in [5.74, 6) is -1.91. The fraction of sp³-hybridized carbons (Fsp3) is 0.276. The van der Waals surface area contributed by atoms with Crippen molar-refractivity contribution in [2.24, 2.45) is 4.99 Å². The van der Waals surface area contributed by atoms with Gasteiger partial charge in [-0.25, -0.2) is 4.79 Å². The van der Waals surface area contributed by atoms with Crippen LogP contribution in [0.1, 0.15) is 36.0 Å². The molecule has 0 spiro atoms. The van der Waals surface area contributed by atoms with Crippen LogP contribution in [0, 0.1) is 0 Å². The van der Waals surface area contributed by atoms with E-state index in [1.807, 2.05) is 30.3 Å². The Kier molecular flexibility index (Phi) is 8.58. The Hall–Kier alpha value is -3.98. The number of para-hydroxylation sites is 1. The van der Waals surface area contributed by atoms with Crippen LogP contribution in [0.4, 0.5) is 18.9 Å². The first-order valence-electron chi connectivity index (χ1n) is 12.3. The molecule has 0 saturated carbocycles. The standard InChI is InChI=1S/C29H28F3N3O3/c30-29(31,32)18-24(28(37)38)33-26(21-12-5-2-6-13-21)22-14-7-8-15-23(22)34-27(36)25-16-9-17-35(25)19-20-10-3-1-4-11-20/h1-8,10-15,24-25H,9,16-19H2,(H,34,36)(H,37,38)/t24-,25-/m0/s1. The Morgan fingerprint density at radius 1 is 0.974 bits per heavy atom. The molecule has 1 aliphatic rings. The van der Waals surface area contributed by atoms with Crippen molar-refractivity contribution in [3.8, 4) is 0 Å². The summed E-state index contributed by atoms with van der Waals surface area (Å²) in [6.45, 7) is 1.39. The zero-order valence-electron chi connectivity index (χ0n) is 20.6. The molecule has 198 valence electrons. The van der Waals surface area contributed by atoms with Crippen molar-refractivity contribution in [1.29, 1.82) is 0 Å². The van der Waals surface area contributed by atoms with Gasteiger partial charge in [0.05, 0.1) is 23.9 Å². The Labute approximate surface area is 218 Å². The van der Waals surface area contributed by atoms with Crippen LogP contribution in [0.5, 0.6) is 0 Å². The number of anilines is 1. The van der Waals surface area contributed by atoms with E-state index >= 15 is 0 Å². The Morgan fingerprint density at radius 2 is 1.61 bits per heavy atom. The molecule has 9 heteroatoms. The minimum absolute atomic E-state index is 0.0608. The number of carboxylic acids is 1. The normalized spacial score (nSPS) is 17.2. The van der Waals surface area contributed by atoms with Gasteiger partial charge >= 0.3 is 12.1 Å². The van der Waals surface area contributed by atoms with Crippen LogP contribution in [0.15, 0.2) is 89.9 Å². The van der Waals surface area contributed by atoms with Crippen LogP contribution in [0.2, 0.25) is 0 Å². The fourth-order valence-electron chi connectivity index (χ4n) is 4.60. The Morgan fingerprint density at radius 3 is 2.26 bits per heavy atom. The predicted molar refractivity (Wildman–Crippen MR) is 139 cm³/mol. The van der Waals surface area contributed by atoms with Crippen molar-refractivity contribution >= 4 is 23.3 Å². The average molecular weight is 524 g/mol. The summed E-state index contributed by atoms with van der Waals surface area (Å²) in [6.07, 6.45) is -4.79. The number of carbonyl (C=O) groups excluding carboxylic acids is 1. The van der Waals surface area contributed by atoms with Gasteiger partial charge in [0, 0.05) is 17.7 Å². The largest absolute Gasteiger partial charge is 0.480 e. The van der Waals surface area contributed by atoms with Gasteiger partial charge < -0.3 is 10.4 Å². The number of benzene rings is 3. The molecule has 0 aromatic heterocycles. The van der Waals surface area contributed by atoms with Gasteiger partial charge in [0.25, 0.3) is 0 Å². The van der Waals surface area contributed by atoms with Crippen LogP contribution in [-0.2, 0) is 16.1 Å². The summed E-state index contributed by atoms with van der Waals surface area (Å²) in [5, 5.41) is 12.4. The number of carbonyl (C=O) groups is 2. The molecule has 0 bridgehead atoms. The first-order chi connectivity index (χ1) is 18.2. The number of hydrogen-bond donors (Lipinski definition) is 2. The average Bonchev–Trinajstić information content (AvgIpc) is 3.35. The second kappa shape index (κ2) is 12.0. The molecule has 0 aliphatic carbocycles. The van der Waals surface area contributed by atoms with Crippen LogP contribution < -0.4 is 5.32 Å². The van der Waals surface area contributed by atoms with Crippen molar-refractivity contribution in [3.63, 3.8) is 0 Å².